The molecular formula is C23H30FN5O2. The van der Waals surface area contributed by atoms with E-state index in [1.54, 1.807) is 30.5 Å². The summed E-state index contributed by atoms with van der Waals surface area (Å²) in [6.07, 6.45) is 3.91. The molecule has 3 amide bonds. The molecule has 0 bridgehead atoms. The van der Waals surface area contributed by atoms with E-state index in [1.165, 1.54) is 6.07 Å². The molecule has 2 N–H and O–H groups in total. The molecule has 0 aliphatic carbocycles. The van der Waals surface area contributed by atoms with Crippen LogP contribution >= 0.6 is 0 Å². The van der Waals surface area contributed by atoms with E-state index in [1.807, 2.05) is 25.8 Å². The third-order valence-corrected chi connectivity index (χ3v) is 5.66. The normalized spacial score (nSPS) is 14.8. The summed E-state index contributed by atoms with van der Waals surface area (Å²) in [5.41, 5.74) is 2.44. The van der Waals surface area contributed by atoms with Crippen LogP contribution in [0, 0.1) is 12.7 Å². The Labute approximate surface area is 182 Å². The summed E-state index contributed by atoms with van der Waals surface area (Å²) in [7, 11) is 1.88. The van der Waals surface area contributed by atoms with Crippen molar-refractivity contribution in [2.45, 2.75) is 45.7 Å². The van der Waals surface area contributed by atoms with Crippen molar-refractivity contribution in [3.05, 3.63) is 53.6 Å². The van der Waals surface area contributed by atoms with Gasteiger partial charge >= 0.3 is 6.03 Å². The van der Waals surface area contributed by atoms with E-state index in [-0.39, 0.29) is 17.6 Å². The van der Waals surface area contributed by atoms with Crippen molar-refractivity contribution >= 4 is 23.3 Å². The maximum atomic E-state index is 14.2. The molecule has 1 aromatic carbocycles. The van der Waals surface area contributed by atoms with Gasteiger partial charge in [0.1, 0.15) is 5.82 Å². The standard InChI is InChI=1S/C23H30FN5O2/c1-4-22(30)28(3)19-9-11-29(12-10-19)15-17-6-8-20(24)21(13-17)27-23(31)26-18-7-5-16(2)25-14-18/h5-8,13-14,19H,4,9-12,15H2,1-3H3,(H2,26,27,31). The molecule has 7 nitrogen and oxygen atoms in total. The summed E-state index contributed by atoms with van der Waals surface area (Å²) in [4.78, 5) is 32.4. The van der Waals surface area contributed by atoms with E-state index in [0.29, 0.717) is 18.7 Å². The zero-order valence-corrected chi connectivity index (χ0v) is 18.3. The fraction of sp³-hybridized carbons (Fsp3) is 0.435. The molecule has 1 aliphatic rings. The highest BCUT2D eigenvalue weighted by molar-refractivity contribution is 5.99. The first-order valence-corrected chi connectivity index (χ1v) is 10.6. The molecular weight excluding hydrogens is 397 g/mol. The van der Waals surface area contributed by atoms with Crippen molar-refractivity contribution in [1.82, 2.24) is 14.8 Å². The van der Waals surface area contributed by atoms with Crippen molar-refractivity contribution in [2.75, 3.05) is 30.8 Å². The molecule has 2 aromatic rings. The van der Waals surface area contributed by atoms with Crippen LogP contribution in [-0.4, -0.2) is 52.9 Å². The monoisotopic (exact) mass is 427 g/mol. The lowest BCUT2D eigenvalue weighted by Crippen LogP contribution is -2.45. The summed E-state index contributed by atoms with van der Waals surface area (Å²) < 4.78 is 14.2. The summed E-state index contributed by atoms with van der Waals surface area (Å²) >= 11 is 0. The first-order valence-electron chi connectivity index (χ1n) is 10.6. The second-order valence-corrected chi connectivity index (χ2v) is 7.95. The molecule has 1 saturated heterocycles. The average molecular weight is 428 g/mol. The minimum absolute atomic E-state index is 0.137. The van der Waals surface area contributed by atoms with Gasteiger partial charge in [-0.05, 0) is 49.6 Å². The van der Waals surface area contributed by atoms with Crippen molar-refractivity contribution < 1.29 is 14.0 Å². The molecule has 0 spiro atoms. The number of hydrogen-bond donors (Lipinski definition) is 2. The minimum atomic E-state index is -0.522. The van der Waals surface area contributed by atoms with Crippen LogP contribution < -0.4 is 10.6 Å². The Hall–Kier alpha value is -3.00. The number of nitrogens with one attached hydrogen (secondary N) is 2. The summed E-state index contributed by atoms with van der Waals surface area (Å²) in [6.45, 7) is 6.14. The number of piperidine rings is 1. The quantitative estimate of drug-likeness (QED) is 0.730. The predicted molar refractivity (Wildman–Crippen MR) is 119 cm³/mol. The van der Waals surface area contributed by atoms with Crippen molar-refractivity contribution in [1.29, 1.82) is 0 Å². The molecule has 0 saturated carbocycles. The molecule has 2 heterocycles. The van der Waals surface area contributed by atoms with Crippen LogP contribution in [0.2, 0.25) is 0 Å². The first-order chi connectivity index (χ1) is 14.9. The van der Waals surface area contributed by atoms with Gasteiger partial charge in [-0.1, -0.05) is 13.0 Å². The Balaban J connectivity index is 1.55. The summed E-state index contributed by atoms with van der Waals surface area (Å²) in [5.74, 6) is -0.313. The van der Waals surface area contributed by atoms with Gasteiger partial charge in [0.05, 0.1) is 17.6 Å². The number of aryl methyl sites for hydroxylation is 1. The average Bonchev–Trinajstić information content (AvgIpc) is 2.77. The molecule has 0 radical (unpaired) electrons. The Morgan fingerprint density at radius 3 is 2.58 bits per heavy atom. The molecule has 1 aliphatic heterocycles. The van der Waals surface area contributed by atoms with Crippen molar-refractivity contribution in [2.24, 2.45) is 0 Å². The number of halogens is 1. The van der Waals surface area contributed by atoms with Gasteiger partial charge < -0.3 is 15.5 Å². The third kappa shape index (κ3) is 6.24. The fourth-order valence-corrected chi connectivity index (χ4v) is 3.77. The Bertz CT molecular complexity index is 911. The lowest BCUT2D eigenvalue weighted by molar-refractivity contribution is -0.132. The van der Waals surface area contributed by atoms with Gasteiger partial charge in [-0.25, -0.2) is 9.18 Å². The Morgan fingerprint density at radius 2 is 1.94 bits per heavy atom. The zero-order chi connectivity index (χ0) is 22.4. The summed E-state index contributed by atoms with van der Waals surface area (Å²) in [5, 5.41) is 5.23. The molecule has 0 unspecified atom stereocenters. The number of amides is 3. The van der Waals surface area contributed by atoms with Crippen LogP contribution in [0.5, 0.6) is 0 Å². The molecule has 1 fully saturated rings. The fourth-order valence-electron chi connectivity index (χ4n) is 3.77. The smallest absolute Gasteiger partial charge is 0.323 e. The van der Waals surface area contributed by atoms with E-state index >= 15 is 0 Å². The molecule has 166 valence electrons. The van der Waals surface area contributed by atoms with Crippen LogP contribution in [0.25, 0.3) is 0 Å². The van der Waals surface area contributed by atoms with Crippen LogP contribution in [-0.2, 0) is 11.3 Å². The van der Waals surface area contributed by atoms with E-state index in [9.17, 15) is 14.0 Å². The van der Waals surface area contributed by atoms with E-state index in [4.69, 9.17) is 0 Å². The number of pyridine rings is 1. The number of carbonyl (C=O) groups is 2. The van der Waals surface area contributed by atoms with Gasteiger partial charge in [0, 0.05) is 44.8 Å². The number of carbonyl (C=O) groups excluding carboxylic acids is 2. The maximum absolute atomic E-state index is 14.2. The highest BCUT2D eigenvalue weighted by Crippen LogP contribution is 2.21. The molecule has 0 atom stereocenters. The molecule has 3 rings (SSSR count). The van der Waals surface area contributed by atoms with Crippen molar-refractivity contribution in [3.8, 4) is 0 Å². The second kappa shape index (κ2) is 10.3. The lowest BCUT2D eigenvalue weighted by Gasteiger charge is -2.36. The number of rotatable bonds is 6. The Kier molecular flexibility index (Phi) is 7.57. The number of benzene rings is 1. The van der Waals surface area contributed by atoms with Gasteiger partial charge in [-0.2, -0.15) is 0 Å². The largest absolute Gasteiger partial charge is 0.343 e. The van der Waals surface area contributed by atoms with Crippen LogP contribution in [0.3, 0.4) is 0 Å². The van der Waals surface area contributed by atoms with E-state index in [0.717, 1.165) is 37.2 Å². The number of likely N-dealkylation sites (tertiary alicyclic amines) is 1. The van der Waals surface area contributed by atoms with Crippen LogP contribution in [0.1, 0.15) is 37.4 Å². The SMILES string of the molecule is CCC(=O)N(C)C1CCN(Cc2ccc(F)c(NC(=O)Nc3ccc(C)nc3)c2)CC1. The third-order valence-electron chi connectivity index (χ3n) is 5.66. The van der Waals surface area contributed by atoms with Gasteiger partial charge in [0.2, 0.25) is 5.91 Å². The van der Waals surface area contributed by atoms with Gasteiger partial charge in [-0.15, -0.1) is 0 Å². The highest BCUT2D eigenvalue weighted by Gasteiger charge is 2.24. The maximum Gasteiger partial charge on any atom is 0.323 e. The first kappa shape index (κ1) is 22.7. The predicted octanol–water partition coefficient (Wildman–Crippen LogP) is 4.01. The van der Waals surface area contributed by atoms with Gasteiger partial charge in [0.25, 0.3) is 0 Å². The van der Waals surface area contributed by atoms with Crippen LogP contribution in [0.4, 0.5) is 20.6 Å². The molecule has 31 heavy (non-hydrogen) atoms. The van der Waals surface area contributed by atoms with Gasteiger partial charge in [0.15, 0.2) is 0 Å². The second-order valence-electron chi connectivity index (χ2n) is 7.95. The minimum Gasteiger partial charge on any atom is -0.343 e. The number of nitrogens with zero attached hydrogens (tertiary/aromatic N) is 3. The summed E-state index contributed by atoms with van der Waals surface area (Å²) in [6, 6.07) is 8.06. The number of aromatic nitrogens is 1. The Morgan fingerprint density at radius 1 is 1.19 bits per heavy atom. The number of urea groups is 1. The topological polar surface area (TPSA) is 77.6 Å². The molecule has 8 heteroatoms. The molecule has 1 aromatic heterocycles. The van der Waals surface area contributed by atoms with E-state index < -0.39 is 11.8 Å². The van der Waals surface area contributed by atoms with E-state index in [2.05, 4.69) is 20.5 Å². The van der Waals surface area contributed by atoms with Crippen molar-refractivity contribution in [3.63, 3.8) is 0 Å². The highest BCUT2D eigenvalue weighted by atomic mass is 19.1. The zero-order valence-electron chi connectivity index (χ0n) is 18.3. The van der Waals surface area contributed by atoms with Crippen LogP contribution in [0.15, 0.2) is 36.5 Å². The number of anilines is 2. The van der Waals surface area contributed by atoms with Gasteiger partial charge in [-0.3, -0.25) is 14.7 Å². The number of hydrogen-bond acceptors (Lipinski definition) is 4. The lowest BCUT2D eigenvalue weighted by atomic mass is 10.0.